The highest BCUT2D eigenvalue weighted by Crippen LogP contribution is 2.56. The lowest BCUT2D eigenvalue weighted by Crippen LogP contribution is -2.32. The fourth-order valence-electron chi connectivity index (χ4n) is 4.71. The summed E-state index contributed by atoms with van der Waals surface area (Å²) in [6, 6.07) is 6.66. The van der Waals surface area contributed by atoms with Crippen LogP contribution in [0.3, 0.4) is 0 Å². The number of imide groups is 1. The van der Waals surface area contributed by atoms with E-state index in [0.717, 1.165) is 25.7 Å². The number of rotatable bonds is 4. The lowest BCUT2D eigenvalue weighted by atomic mass is 9.81. The van der Waals surface area contributed by atoms with Crippen molar-refractivity contribution in [2.75, 3.05) is 11.5 Å². The average molecular weight is 327 g/mol. The molecule has 2 amide bonds. The minimum atomic E-state index is -0.418. The Bertz CT molecular complexity index is 685. The van der Waals surface area contributed by atoms with E-state index < -0.39 is 5.97 Å². The molecule has 0 radical (unpaired) electrons. The first-order chi connectivity index (χ1) is 11.6. The van der Waals surface area contributed by atoms with Crippen molar-refractivity contribution in [1.29, 1.82) is 0 Å². The highest BCUT2D eigenvalue weighted by molar-refractivity contribution is 6.22. The van der Waals surface area contributed by atoms with Gasteiger partial charge in [0, 0.05) is 0 Å². The number of esters is 1. The molecule has 4 atom stereocenters. The van der Waals surface area contributed by atoms with Gasteiger partial charge in [0.1, 0.15) is 0 Å². The van der Waals surface area contributed by atoms with E-state index in [4.69, 9.17) is 4.74 Å². The molecule has 126 valence electrons. The van der Waals surface area contributed by atoms with Gasteiger partial charge in [-0.25, -0.2) is 4.79 Å². The molecule has 3 aliphatic rings. The van der Waals surface area contributed by atoms with Crippen molar-refractivity contribution in [2.24, 2.45) is 23.7 Å². The normalized spacial score (nSPS) is 30.8. The van der Waals surface area contributed by atoms with Crippen molar-refractivity contribution in [3.8, 4) is 0 Å². The number of hydrogen-bond donors (Lipinski definition) is 0. The van der Waals surface area contributed by atoms with Crippen molar-refractivity contribution in [2.45, 2.75) is 32.6 Å². The van der Waals surface area contributed by atoms with Gasteiger partial charge in [-0.2, -0.15) is 0 Å². The Morgan fingerprint density at radius 2 is 1.83 bits per heavy atom. The van der Waals surface area contributed by atoms with E-state index in [1.54, 1.807) is 24.3 Å². The summed E-state index contributed by atoms with van der Waals surface area (Å²) in [5.74, 6) is -0.164. The van der Waals surface area contributed by atoms with Crippen LogP contribution in [0.2, 0.25) is 0 Å². The van der Waals surface area contributed by atoms with Crippen LogP contribution in [0.5, 0.6) is 0 Å². The molecular weight excluding hydrogens is 306 g/mol. The Morgan fingerprint density at radius 3 is 2.46 bits per heavy atom. The molecule has 4 rings (SSSR count). The van der Waals surface area contributed by atoms with Crippen LogP contribution in [0.4, 0.5) is 5.69 Å². The van der Waals surface area contributed by atoms with E-state index in [-0.39, 0.29) is 23.7 Å². The molecule has 1 saturated heterocycles. The van der Waals surface area contributed by atoms with Crippen molar-refractivity contribution >= 4 is 23.5 Å². The minimum Gasteiger partial charge on any atom is -0.462 e. The number of fused-ring (bicyclic) bond motifs is 5. The number of benzene rings is 1. The maximum atomic E-state index is 12.8. The molecule has 2 aliphatic carbocycles. The molecule has 1 aliphatic heterocycles. The molecule has 2 bridgehead atoms. The SMILES string of the molecule is CCCOC(=O)c1cccc(N2C(=O)[C@H]3[C@@H]4CC[C@@H](C4)[C@@H]3C2=O)c1. The standard InChI is InChI=1S/C19H21NO4/c1-2-8-24-19(23)13-4-3-5-14(10-13)20-17(21)15-11-6-7-12(9-11)16(15)18(20)22/h3-5,10-12,15-16H,2,6-9H2,1H3/t11-,12+,15-,16-/m0/s1. The van der Waals surface area contributed by atoms with Crippen LogP contribution in [0, 0.1) is 23.7 Å². The first-order valence-electron chi connectivity index (χ1n) is 8.76. The zero-order chi connectivity index (χ0) is 16.8. The van der Waals surface area contributed by atoms with Gasteiger partial charge in [-0.15, -0.1) is 0 Å². The van der Waals surface area contributed by atoms with E-state index in [0.29, 0.717) is 29.7 Å². The molecule has 0 unspecified atom stereocenters. The van der Waals surface area contributed by atoms with Gasteiger partial charge in [0.15, 0.2) is 0 Å². The third kappa shape index (κ3) is 2.18. The van der Waals surface area contributed by atoms with Gasteiger partial charge >= 0.3 is 5.97 Å². The monoisotopic (exact) mass is 327 g/mol. The smallest absolute Gasteiger partial charge is 0.338 e. The summed E-state index contributed by atoms with van der Waals surface area (Å²) >= 11 is 0. The van der Waals surface area contributed by atoms with E-state index in [2.05, 4.69) is 0 Å². The van der Waals surface area contributed by atoms with Crippen LogP contribution in [-0.4, -0.2) is 24.4 Å². The highest BCUT2D eigenvalue weighted by atomic mass is 16.5. The van der Waals surface area contributed by atoms with E-state index in [1.165, 1.54) is 4.90 Å². The Balaban J connectivity index is 1.61. The van der Waals surface area contributed by atoms with Crippen molar-refractivity contribution in [3.05, 3.63) is 29.8 Å². The first-order valence-corrected chi connectivity index (χ1v) is 8.76. The summed E-state index contributed by atoms with van der Waals surface area (Å²) in [6.45, 7) is 2.29. The molecule has 0 spiro atoms. The molecule has 0 N–H and O–H groups in total. The topological polar surface area (TPSA) is 63.7 Å². The number of hydrogen-bond acceptors (Lipinski definition) is 4. The molecule has 5 heteroatoms. The van der Waals surface area contributed by atoms with Crippen LogP contribution in [-0.2, 0) is 14.3 Å². The lowest BCUT2D eigenvalue weighted by Gasteiger charge is -2.19. The number of anilines is 1. The third-order valence-electron chi connectivity index (χ3n) is 5.70. The predicted octanol–water partition coefficient (Wildman–Crippen LogP) is 2.79. The fraction of sp³-hybridized carbons (Fsp3) is 0.526. The van der Waals surface area contributed by atoms with Gasteiger partial charge in [0.05, 0.1) is 29.7 Å². The lowest BCUT2D eigenvalue weighted by molar-refractivity contribution is -0.123. The van der Waals surface area contributed by atoms with Gasteiger partial charge in [0.25, 0.3) is 0 Å². The maximum Gasteiger partial charge on any atom is 0.338 e. The third-order valence-corrected chi connectivity index (χ3v) is 5.70. The maximum absolute atomic E-state index is 12.8. The molecule has 1 aromatic carbocycles. The van der Waals surface area contributed by atoms with E-state index in [1.807, 2.05) is 6.92 Å². The number of carbonyl (C=O) groups excluding carboxylic acids is 3. The van der Waals surface area contributed by atoms with Gasteiger partial charge in [0.2, 0.25) is 11.8 Å². The largest absolute Gasteiger partial charge is 0.462 e. The van der Waals surface area contributed by atoms with E-state index >= 15 is 0 Å². The number of ether oxygens (including phenoxy) is 1. The second kappa shape index (κ2) is 5.72. The zero-order valence-electron chi connectivity index (χ0n) is 13.7. The molecule has 24 heavy (non-hydrogen) atoms. The Labute approximate surface area is 141 Å². The van der Waals surface area contributed by atoms with Crippen LogP contribution >= 0.6 is 0 Å². The molecule has 1 heterocycles. The predicted molar refractivity (Wildman–Crippen MR) is 87.3 cm³/mol. The Hall–Kier alpha value is -2.17. The van der Waals surface area contributed by atoms with Crippen molar-refractivity contribution in [3.63, 3.8) is 0 Å². The Kier molecular flexibility index (Phi) is 3.66. The summed E-state index contributed by atoms with van der Waals surface area (Å²) in [5.41, 5.74) is 0.867. The summed E-state index contributed by atoms with van der Waals surface area (Å²) < 4.78 is 5.14. The molecule has 5 nitrogen and oxygen atoms in total. The summed E-state index contributed by atoms with van der Waals surface area (Å²) in [7, 11) is 0. The van der Waals surface area contributed by atoms with Gasteiger partial charge < -0.3 is 4.74 Å². The molecule has 1 aromatic rings. The van der Waals surface area contributed by atoms with Gasteiger partial charge in [-0.05, 0) is 55.7 Å². The highest BCUT2D eigenvalue weighted by Gasteiger charge is 2.61. The first kappa shape index (κ1) is 15.4. The van der Waals surface area contributed by atoms with Crippen LogP contribution < -0.4 is 4.90 Å². The second-order valence-corrected chi connectivity index (χ2v) is 7.08. The quantitative estimate of drug-likeness (QED) is 0.630. The summed E-state index contributed by atoms with van der Waals surface area (Å²) in [6.07, 6.45) is 3.88. The van der Waals surface area contributed by atoms with Gasteiger partial charge in [-0.1, -0.05) is 13.0 Å². The summed E-state index contributed by atoms with van der Waals surface area (Å²) in [4.78, 5) is 39.0. The minimum absolute atomic E-state index is 0.0868. The molecular formula is C19H21NO4. The summed E-state index contributed by atoms with van der Waals surface area (Å²) in [5, 5.41) is 0. The molecule has 2 saturated carbocycles. The number of carbonyl (C=O) groups is 3. The zero-order valence-corrected chi connectivity index (χ0v) is 13.7. The van der Waals surface area contributed by atoms with Crippen molar-refractivity contribution in [1.82, 2.24) is 0 Å². The number of nitrogens with zero attached hydrogens (tertiary/aromatic N) is 1. The van der Waals surface area contributed by atoms with Gasteiger partial charge in [-0.3, -0.25) is 14.5 Å². The van der Waals surface area contributed by atoms with Crippen LogP contribution in [0.15, 0.2) is 24.3 Å². The van der Waals surface area contributed by atoms with Crippen molar-refractivity contribution < 1.29 is 19.1 Å². The molecule has 0 aromatic heterocycles. The molecule has 3 fully saturated rings. The fourth-order valence-corrected chi connectivity index (χ4v) is 4.71. The van der Waals surface area contributed by atoms with E-state index in [9.17, 15) is 14.4 Å². The second-order valence-electron chi connectivity index (χ2n) is 7.08. The number of amides is 2. The average Bonchev–Trinajstić information content (AvgIpc) is 3.27. The van der Waals surface area contributed by atoms with Crippen LogP contribution in [0.25, 0.3) is 0 Å². The van der Waals surface area contributed by atoms with Crippen LogP contribution in [0.1, 0.15) is 43.0 Å². The Morgan fingerprint density at radius 1 is 1.17 bits per heavy atom.